The van der Waals surface area contributed by atoms with Gasteiger partial charge in [-0.25, -0.2) is 0 Å². The second kappa shape index (κ2) is 7.77. The molecule has 0 fully saturated rings. The number of benzene rings is 1. The first-order valence-electron chi connectivity index (χ1n) is 6.32. The minimum Gasteiger partial charge on any atom is -0.513 e. The predicted octanol–water partition coefficient (Wildman–Crippen LogP) is 3.30. The molecule has 3 nitrogen and oxygen atoms in total. The Balaban J connectivity index is 2.15. The first-order valence-corrected chi connectivity index (χ1v) is 6.32. The van der Waals surface area contributed by atoms with E-state index in [0.29, 0.717) is 19.6 Å². The smallest absolute Gasteiger partial charge is 0.0851 e. The zero-order valence-corrected chi connectivity index (χ0v) is 11.4. The Labute approximate surface area is 110 Å². The van der Waals surface area contributed by atoms with Gasteiger partial charge in [0.05, 0.1) is 12.4 Å². The molecule has 0 bridgehead atoms. The molecule has 0 aromatic heterocycles. The lowest BCUT2D eigenvalue weighted by atomic mass is 10.2. The number of aryl methyl sites for hydroxylation is 1. The minimum atomic E-state index is 0.232. The topological polar surface area (TPSA) is 32.7 Å². The molecule has 0 aliphatic heterocycles. The normalized spacial score (nSPS) is 10.3. The number of hydrogen-bond donors (Lipinski definition) is 1. The lowest BCUT2D eigenvalue weighted by Crippen LogP contribution is -2.22. The number of hydrogen-bond acceptors (Lipinski definition) is 3. The van der Waals surface area contributed by atoms with Crippen LogP contribution in [0.4, 0.5) is 5.69 Å². The number of allylic oxidation sites excluding steroid dienone is 1. The number of rotatable bonds is 8. The highest BCUT2D eigenvalue weighted by Crippen LogP contribution is 2.12. The fraction of sp³-hybridized carbons (Fsp3) is 0.467. The van der Waals surface area contributed by atoms with Gasteiger partial charge in [-0.05, 0) is 25.5 Å². The maximum absolute atomic E-state index is 8.91. The van der Waals surface area contributed by atoms with Crippen molar-refractivity contribution >= 4 is 5.69 Å². The molecule has 0 heterocycles. The van der Waals surface area contributed by atoms with Crippen LogP contribution < -0.4 is 4.90 Å². The van der Waals surface area contributed by atoms with Gasteiger partial charge in [0.15, 0.2) is 0 Å². The molecule has 0 saturated heterocycles. The minimum absolute atomic E-state index is 0.232. The maximum Gasteiger partial charge on any atom is 0.0851 e. The number of aliphatic hydroxyl groups excluding tert-OH is 1. The Kier molecular flexibility index (Phi) is 6.29. The van der Waals surface area contributed by atoms with Gasteiger partial charge in [0.2, 0.25) is 0 Å². The molecule has 0 aliphatic rings. The van der Waals surface area contributed by atoms with Crippen LogP contribution in [0.2, 0.25) is 0 Å². The van der Waals surface area contributed by atoms with Gasteiger partial charge in [0, 0.05) is 32.3 Å². The first-order chi connectivity index (χ1) is 8.59. The molecule has 0 atom stereocenters. The summed E-state index contributed by atoms with van der Waals surface area (Å²) in [5.41, 5.74) is 2.47. The SMILES string of the molecule is C=C(O)CCCOCCN(C)c1ccc(C)cc1. The summed E-state index contributed by atoms with van der Waals surface area (Å²) >= 11 is 0. The highest BCUT2D eigenvalue weighted by atomic mass is 16.5. The van der Waals surface area contributed by atoms with Gasteiger partial charge in [-0.2, -0.15) is 0 Å². The monoisotopic (exact) mass is 249 g/mol. The number of anilines is 1. The van der Waals surface area contributed by atoms with Crippen LogP contribution in [0.1, 0.15) is 18.4 Å². The second-order valence-electron chi connectivity index (χ2n) is 4.54. The zero-order valence-electron chi connectivity index (χ0n) is 11.4. The molecule has 1 rings (SSSR count). The van der Waals surface area contributed by atoms with Crippen molar-refractivity contribution in [2.75, 3.05) is 31.7 Å². The summed E-state index contributed by atoms with van der Waals surface area (Å²) in [6.45, 7) is 7.75. The second-order valence-corrected chi connectivity index (χ2v) is 4.54. The highest BCUT2D eigenvalue weighted by Gasteiger charge is 2.00. The molecule has 1 aromatic rings. The van der Waals surface area contributed by atoms with Crippen LogP contribution in [0.3, 0.4) is 0 Å². The third kappa shape index (κ3) is 5.73. The summed E-state index contributed by atoms with van der Waals surface area (Å²) in [5.74, 6) is 0.232. The van der Waals surface area contributed by atoms with Crippen molar-refractivity contribution in [1.82, 2.24) is 0 Å². The predicted molar refractivity (Wildman–Crippen MR) is 76.3 cm³/mol. The van der Waals surface area contributed by atoms with E-state index in [1.165, 1.54) is 11.3 Å². The molecule has 3 heteroatoms. The Morgan fingerprint density at radius 3 is 2.56 bits per heavy atom. The lowest BCUT2D eigenvalue weighted by molar-refractivity contribution is 0.136. The molecule has 0 saturated carbocycles. The molecule has 1 aromatic carbocycles. The van der Waals surface area contributed by atoms with E-state index < -0.39 is 0 Å². The van der Waals surface area contributed by atoms with Crippen molar-refractivity contribution in [2.24, 2.45) is 0 Å². The van der Waals surface area contributed by atoms with Crippen LogP contribution >= 0.6 is 0 Å². The summed E-state index contributed by atoms with van der Waals surface area (Å²) in [7, 11) is 2.06. The highest BCUT2D eigenvalue weighted by molar-refractivity contribution is 5.46. The van der Waals surface area contributed by atoms with Gasteiger partial charge >= 0.3 is 0 Å². The van der Waals surface area contributed by atoms with E-state index in [1.807, 2.05) is 0 Å². The number of aliphatic hydroxyl groups is 1. The van der Waals surface area contributed by atoms with E-state index in [9.17, 15) is 0 Å². The van der Waals surface area contributed by atoms with Crippen molar-refractivity contribution in [3.05, 3.63) is 42.2 Å². The third-order valence-electron chi connectivity index (χ3n) is 2.80. The van der Waals surface area contributed by atoms with Crippen LogP contribution in [0.15, 0.2) is 36.6 Å². The number of likely N-dealkylation sites (N-methyl/N-ethyl adjacent to an activating group) is 1. The van der Waals surface area contributed by atoms with Crippen molar-refractivity contribution < 1.29 is 9.84 Å². The Hall–Kier alpha value is -1.48. The Bertz CT molecular complexity index is 359. The van der Waals surface area contributed by atoms with Crippen molar-refractivity contribution in [2.45, 2.75) is 19.8 Å². The van der Waals surface area contributed by atoms with Crippen LogP contribution in [-0.4, -0.2) is 31.9 Å². The van der Waals surface area contributed by atoms with E-state index in [1.54, 1.807) is 0 Å². The summed E-state index contributed by atoms with van der Waals surface area (Å²) in [5, 5.41) is 8.91. The van der Waals surface area contributed by atoms with E-state index in [0.717, 1.165) is 13.0 Å². The Morgan fingerprint density at radius 2 is 1.94 bits per heavy atom. The van der Waals surface area contributed by atoms with Gasteiger partial charge < -0.3 is 14.7 Å². The summed E-state index contributed by atoms with van der Waals surface area (Å²) in [6, 6.07) is 8.45. The summed E-state index contributed by atoms with van der Waals surface area (Å²) in [6.07, 6.45) is 1.44. The average Bonchev–Trinajstić information content (AvgIpc) is 2.34. The molecular formula is C15H23NO2. The summed E-state index contributed by atoms with van der Waals surface area (Å²) in [4.78, 5) is 2.17. The molecule has 18 heavy (non-hydrogen) atoms. The molecule has 1 N–H and O–H groups in total. The standard InChI is InChI=1S/C15H23NO2/c1-13-6-8-15(9-7-13)16(3)10-12-18-11-4-5-14(2)17/h6-9,17H,2,4-5,10-12H2,1,3H3. The maximum atomic E-state index is 8.91. The van der Waals surface area contributed by atoms with Crippen LogP contribution in [0, 0.1) is 6.92 Å². The molecule has 0 radical (unpaired) electrons. The number of ether oxygens (including phenoxy) is 1. The molecule has 0 aliphatic carbocycles. The third-order valence-corrected chi connectivity index (χ3v) is 2.80. The van der Waals surface area contributed by atoms with Gasteiger partial charge in [-0.3, -0.25) is 0 Å². The van der Waals surface area contributed by atoms with Crippen molar-refractivity contribution in [1.29, 1.82) is 0 Å². The van der Waals surface area contributed by atoms with Gasteiger partial charge in [0.25, 0.3) is 0 Å². The molecule has 100 valence electrons. The Morgan fingerprint density at radius 1 is 1.28 bits per heavy atom. The van der Waals surface area contributed by atoms with Gasteiger partial charge in [0.1, 0.15) is 0 Å². The summed E-state index contributed by atoms with van der Waals surface area (Å²) < 4.78 is 5.51. The van der Waals surface area contributed by atoms with E-state index in [2.05, 4.69) is 49.7 Å². The van der Waals surface area contributed by atoms with Gasteiger partial charge in [-0.15, -0.1) is 0 Å². The zero-order chi connectivity index (χ0) is 13.4. The van der Waals surface area contributed by atoms with Crippen molar-refractivity contribution in [3.8, 4) is 0 Å². The van der Waals surface area contributed by atoms with E-state index in [-0.39, 0.29) is 5.76 Å². The first kappa shape index (κ1) is 14.6. The number of nitrogens with zero attached hydrogens (tertiary/aromatic N) is 1. The van der Waals surface area contributed by atoms with E-state index >= 15 is 0 Å². The van der Waals surface area contributed by atoms with Gasteiger partial charge in [-0.1, -0.05) is 24.3 Å². The van der Waals surface area contributed by atoms with Crippen LogP contribution in [0.5, 0.6) is 0 Å². The largest absolute Gasteiger partial charge is 0.513 e. The van der Waals surface area contributed by atoms with E-state index in [4.69, 9.17) is 9.84 Å². The lowest BCUT2D eigenvalue weighted by Gasteiger charge is -2.19. The quantitative estimate of drug-likeness (QED) is 0.567. The average molecular weight is 249 g/mol. The fourth-order valence-corrected chi connectivity index (χ4v) is 1.61. The van der Waals surface area contributed by atoms with Crippen LogP contribution in [0.25, 0.3) is 0 Å². The fourth-order valence-electron chi connectivity index (χ4n) is 1.61. The molecule has 0 spiro atoms. The van der Waals surface area contributed by atoms with Crippen molar-refractivity contribution in [3.63, 3.8) is 0 Å². The molecule has 0 unspecified atom stereocenters. The molecule has 0 amide bonds. The molecular weight excluding hydrogens is 226 g/mol. The van der Waals surface area contributed by atoms with Crippen LogP contribution in [-0.2, 0) is 4.74 Å².